The van der Waals surface area contributed by atoms with E-state index in [0.717, 1.165) is 11.8 Å². The topological polar surface area (TPSA) is 0 Å². The minimum absolute atomic E-state index is 0. The van der Waals surface area contributed by atoms with Gasteiger partial charge in [-0.25, -0.2) is 0 Å². The van der Waals surface area contributed by atoms with Crippen molar-refractivity contribution in [3.05, 3.63) is 91.0 Å². The molecule has 1 aliphatic rings. The highest BCUT2D eigenvalue weighted by Crippen LogP contribution is 2.56. The van der Waals surface area contributed by atoms with Crippen molar-refractivity contribution >= 4 is 23.2 Å². The van der Waals surface area contributed by atoms with Crippen LogP contribution in [0, 0.1) is 11.8 Å². The third-order valence-electron chi connectivity index (χ3n) is 7.01. The molecule has 0 bridgehead atoms. The zero-order chi connectivity index (χ0) is 19.9. The summed E-state index contributed by atoms with van der Waals surface area (Å²) in [6.07, 6.45) is 9.73. The molecule has 0 aliphatic heterocycles. The molecule has 3 aromatic rings. The van der Waals surface area contributed by atoms with Gasteiger partial charge in [-0.1, -0.05) is 93.6 Å². The van der Waals surface area contributed by atoms with Crippen LogP contribution in [0.15, 0.2) is 91.0 Å². The molecule has 0 unspecified atom stereocenters. The van der Waals surface area contributed by atoms with E-state index in [-0.39, 0.29) is 17.0 Å². The number of halogens is 1. The summed E-state index contributed by atoms with van der Waals surface area (Å²) in [7, 11) is -1.64. The molecule has 2 heteroatoms. The first-order chi connectivity index (χ1) is 14.3. The summed E-state index contributed by atoms with van der Waals surface area (Å²) in [5.41, 5.74) is 0. The number of rotatable bonds is 7. The summed E-state index contributed by atoms with van der Waals surface area (Å²) in [6.45, 7) is 2.36. The van der Waals surface area contributed by atoms with E-state index in [1.807, 2.05) is 0 Å². The maximum absolute atomic E-state index is 2.38. The summed E-state index contributed by atoms with van der Waals surface area (Å²) in [4.78, 5) is 0. The van der Waals surface area contributed by atoms with Gasteiger partial charge in [0, 0.05) is 0 Å². The zero-order valence-corrected chi connectivity index (χ0v) is 20.6. The number of hydrogen-bond acceptors (Lipinski definition) is 0. The maximum Gasteiger partial charge on any atom is 0.112 e. The molecule has 0 nitrogen and oxygen atoms in total. The van der Waals surface area contributed by atoms with Gasteiger partial charge in [0.15, 0.2) is 0 Å². The Hall–Kier alpha value is -1.43. The van der Waals surface area contributed by atoms with Crippen molar-refractivity contribution in [1.82, 2.24) is 0 Å². The standard InChI is InChI=1S/C28H34P.BrH/c1-2-24-18-20-25(21-19-24)22-23-29(26-12-6-3-7-13-26,27-14-8-4-9-15-27)28-16-10-5-11-17-28;/h3-17,24-25H,2,18-23H2,1H3;1H/q+1;/p-1/t24-,25-;. The van der Waals surface area contributed by atoms with Crippen molar-refractivity contribution in [1.29, 1.82) is 0 Å². The fourth-order valence-corrected chi connectivity index (χ4v) is 9.65. The predicted octanol–water partition coefficient (Wildman–Crippen LogP) is 3.59. The Labute approximate surface area is 194 Å². The summed E-state index contributed by atoms with van der Waals surface area (Å²) >= 11 is 0. The van der Waals surface area contributed by atoms with Gasteiger partial charge in [-0.2, -0.15) is 0 Å². The van der Waals surface area contributed by atoms with Crippen molar-refractivity contribution < 1.29 is 17.0 Å². The normalized spacial score (nSPS) is 19.1. The highest BCUT2D eigenvalue weighted by molar-refractivity contribution is 7.95. The smallest absolute Gasteiger partial charge is 0.112 e. The van der Waals surface area contributed by atoms with Crippen molar-refractivity contribution in [3.8, 4) is 0 Å². The molecule has 30 heavy (non-hydrogen) atoms. The second-order valence-corrected chi connectivity index (χ2v) is 12.2. The molecule has 0 aromatic heterocycles. The molecular weight excluding hydrogens is 447 g/mol. The Balaban J connectivity index is 0.00000256. The third kappa shape index (κ3) is 5.06. The summed E-state index contributed by atoms with van der Waals surface area (Å²) in [5, 5.41) is 4.58. The lowest BCUT2D eigenvalue weighted by molar-refractivity contribution is -0.00000582. The molecule has 158 valence electrons. The summed E-state index contributed by atoms with van der Waals surface area (Å²) in [5.74, 6) is 1.87. The zero-order valence-electron chi connectivity index (χ0n) is 18.1. The van der Waals surface area contributed by atoms with Crippen molar-refractivity contribution in [3.63, 3.8) is 0 Å². The van der Waals surface area contributed by atoms with E-state index < -0.39 is 7.26 Å². The van der Waals surface area contributed by atoms with Crippen LogP contribution in [0.4, 0.5) is 0 Å². The fraction of sp³-hybridized carbons (Fsp3) is 0.357. The maximum atomic E-state index is 2.38. The van der Waals surface area contributed by atoms with Crippen LogP contribution in [-0.2, 0) is 0 Å². The van der Waals surface area contributed by atoms with Crippen molar-refractivity contribution in [2.24, 2.45) is 11.8 Å². The first-order valence-electron chi connectivity index (χ1n) is 11.4. The molecule has 4 rings (SSSR count). The van der Waals surface area contributed by atoms with Gasteiger partial charge in [-0.3, -0.25) is 0 Å². The molecule has 0 radical (unpaired) electrons. The quantitative estimate of drug-likeness (QED) is 0.453. The first-order valence-corrected chi connectivity index (χ1v) is 13.3. The second kappa shape index (κ2) is 11.3. The molecule has 3 aromatic carbocycles. The first kappa shape index (κ1) is 23.2. The highest BCUT2D eigenvalue weighted by atomic mass is 79.9. The van der Waals surface area contributed by atoms with E-state index in [9.17, 15) is 0 Å². The largest absolute Gasteiger partial charge is 1.00 e. The fourth-order valence-electron chi connectivity index (χ4n) is 5.19. The van der Waals surface area contributed by atoms with E-state index >= 15 is 0 Å². The van der Waals surface area contributed by atoms with E-state index in [1.165, 1.54) is 60.6 Å². The molecule has 0 spiro atoms. The average Bonchev–Trinajstić information content (AvgIpc) is 2.82. The molecule has 1 aliphatic carbocycles. The molecule has 1 saturated carbocycles. The Bertz CT molecular complexity index is 758. The Kier molecular flexibility index (Phi) is 8.72. The number of hydrogen-bond donors (Lipinski definition) is 0. The van der Waals surface area contributed by atoms with Crippen LogP contribution < -0.4 is 32.9 Å². The third-order valence-corrected chi connectivity index (χ3v) is 11.5. The number of benzene rings is 3. The molecule has 0 amide bonds. The predicted molar refractivity (Wildman–Crippen MR) is 130 cm³/mol. The lowest BCUT2D eigenvalue weighted by atomic mass is 9.80. The van der Waals surface area contributed by atoms with Crippen LogP contribution in [-0.4, -0.2) is 6.16 Å². The second-order valence-electron chi connectivity index (χ2n) is 8.62. The van der Waals surface area contributed by atoms with Gasteiger partial charge in [0.25, 0.3) is 0 Å². The van der Waals surface area contributed by atoms with Crippen molar-refractivity contribution in [2.45, 2.75) is 45.4 Å². The molecule has 0 heterocycles. The lowest BCUT2D eigenvalue weighted by Gasteiger charge is -2.32. The van der Waals surface area contributed by atoms with Gasteiger partial charge >= 0.3 is 0 Å². The molecular formula is C28H34BrP. The van der Waals surface area contributed by atoms with Crippen molar-refractivity contribution in [2.75, 3.05) is 6.16 Å². The van der Waals surface area contributed by atoms with Gasteiger partial charge in [0.2, 0.25) is 0 Å². The minimum Gasteiger partial charge on any atom is -1.00 e. The Morgan fingerprint density at radius 1 is 0.600 bits per heavy atom. The van der Waals surface area contributed by atoms with E-state index in [0.29, 0.717) is 0 Å². The Morgan fingerprint density at radius 2 is 0.967 bits per heavy atom. The summed E-state index contributed by atoms with van der Waals surface area (Å²) < 4.78 is 0. The van der Waals surface area contributed by atoms with E-state index in [2.05, 4.69) is 97.9 Å². The Morgan fingerprint density at radius 3 is 1.33 bits per heavy atom. The lowest BCUT2D eigenvalue weighted by Crippen LogP contribution is -3.00. The van der Waals surface area contributed by atoms with E-state index in [1.54, 1.807) is 0 Å². The van der Waals surface area contributed by atoms with Crippen LogP contribution in [0.25, 0.3) is 0 Å². The van der Waals surface area contributed by atoms with Crippen LogP contribution >= 0.6 is 7.26 Å². The van der Waals surface area contributed by atoms with Crippen LogP contribution in [0.3, 0.4) is 0 Å². The SMILES string of the molecule is CC[C@H]1CC[C@H](CC[P+](c2ccccc2)(c2ccccc2)c2ccccc2)CC1.[Br-]. The van der Waals surface area contributed by atoms with Gasteiger partial charge in [0.1, 0.15) is 23.2 Å². The van der Waals surface area contributed by atoms with Crippen LogP contribution in [0.5, 0.6) is 0 Å². The van der Waals surface area contributed by atoms with Gasteiger partial charge < -0.3 is 17.0 Å². The highest BCUT2D eigenvalue weighted by Gasteiger charge is 2.45. The molecule has 1 fully saturated rings. The van der Waals surface area contributed by atoms with Crippen LogP contribution in [0.1, 0.15) is 45.4 Å². The molecule has 0 saturated heterocycles. The molecule has 0 N–H and O–H groups in total. The minimum atomic E-state index is -1.64. The van der Waals surface area contributed by atoms with Gasteiger partial charge in [-0.15, -0.1) is 0 Å². The van der Waals surface area contributed by atoms with E-state index in [4.69, 9.17) is 0 Å². The molecule has 0 atom stereocenters. The monoisotopic (exact) mass is 480 g/mol. The van der Waals surface area contributed by atoms with Crippen LogP contribution in [0.2, 0.25) is 0 Å². The average molecular weight is 481 g/mol. The summed E-state index contributed by atoms with van der Waals surface area (Å²) in [6, 6.07) is 34.1. The van der Waals surface area contributed by atoms with Gasteiger partial charge in [0.05, 0.1) is 6.16 Å². The van der Waals surface area contributed by atoms with Gasteiger partial charge in [-0.05, 0) is 54.7 Å².